The molecule has 0 amide bonds. The van der Waals surface area contributed by atoms with E-state index in [1.807, 2.05) is 0 Å². The second-order valence-corrected chi connectivity index (χ2v) is 5.39. The van der Waals surface area contributed by atoms with Crippen LogP contribution in [0.15, 0.2) is 6.33 Å². The summed E-state index contributed by atoms with van der Waals surface area (Å²) in [5, 5.41) is 10.4. The van der Waals surface area contributed by atoms with Crippen LogP contribution in [-0.2, 0) is 22.6 Å². The van der Waals surface area contributed by atoms with E-state index in [0.29, 0.717) is 24.5 Å². The lowest BCUT2D eigenvalue weighted by atomic mass is 10.2. The molecular formula is C14H22N4O3. The number of ether oxygens (including phenoxy) is 2. The molecular weight excluding hydrogens is 272 g/mol. The molecule has 2 aliphatic heterocycles. The molecule has 0 aromatic carbocycles. The lowest BCUT2D eigenvalue weighted by molar-refractivity contribution is 0.0319. The van der Waals surface area contributed by atoms with Crippen LogP contribution in [0.5, 0.6) is 5.75 Å². The fraction of sp³-hybridized carbons (Fsp3) is 0.714. The first-order valence-corrected chi connectivity index (χ1v) is 7.45. The molecule has 1 N–H and O–H groups in total. The highest BCUT2D eigenvalue weighted by Crippen LogP contribution is 2.21. The van der Waals surface area contributed by atoms with Crippen molar-refractivity contribution in [1.82, 2.24) is 19.8 Å². The third kappa shape index (κ3) is 3.88. The number of nitrogens with zero attached hydrogens (tertiary/aromatic N) is 4. The van der Waals surface area contributed by atoms with E-state index in [4.69, 9.17) is 9.47 Å². The van der Waals surface area contributed by atoms with E-state index in [-0.39, 0.29) is 5.75 Å². The highest BCUT2D eigenvalue weighted by atomic mass is 16.5. The van der Waals surface area contributed by atoms with E-state index in [1.165, 1.54) is 0 Å². The van der Waals surface area contributed by atoms with Crippen LogP contribution < -0.4 is 0 Å². The molecule has 3 rings (SSSR count). The van der Waals surface area contributed by atoms with Crippen molar-refractivity contribution >= 4 is 0 Å². The van der Waals surface area contributed by atoms with E-state index in [2.05, 4.69) is 19.8 Å². The second kappa shape index (κ2) is 7.13. The molecule has 21 heavy (non-hydrogen) atoms. The summed E-state index contributed by atoms with van der Waals surface area (Å²) < 4.78 is 10.7. The monoisotopic (exact) mass is 294 g/mol. The van der Waals surface area contributed by atoms with Crippen LogP contribution in [0.1, 0.15) is 11.4 Å². The maximum atomic E-state index is 10.4. The fourth-order valence-corrected chi connectivity index (χ4v) is 2.63. The lowest BCUT2D eigenvalue weighted by Gasteiger charge is -2.28. The molecule has 2 saturated heterocycles. The fourth-order valence-electron chi connectivity index (χ4n) is 2.63. The Bertz CT molecular complexity index is 421. The van der Waals surface area contributed by atoms with Gasteiger partial charge in [-0.05, 0) is 0 Å². The molecule has 0 unspecified atom stereocenters. The Hall–Kier alpha value is -1.28. The average Bonchev–Trinajstić information content (AvgIpc) is 2.53. The number of aromatic hydroxyl groups is 1. The van der Waals surface area contributed by atoms with Crippen LogP contribution >= 0.6 is 0 Å². The Morgan fingerprint density at radius 1 is 0.857 bits per heavy atom. The standard InChI is InChI=1S/C14H22N4O3/c19-14-12(9-17-1-5-20-6-2-17)15-11-16-13(14)10-18-3-7-21-8-4-18/h11,19H,1-10H2. The van der Waals surface area contributed by atoms with Gasteiger partial charge in [0.2, 0.25) is 0 Å². The quantitative estimate of drug-likeness (QED) is 0.828. The summed E-state index contributed by atoms with van der Waals surface area (Å²) in [6, 6.07) is 0. The van der Waals surface area contributed by atoms with Gasteiger partial charge in [0, 0.05) is 39.3 Å². The van der Waals surface area contributed by atoms with Gasteiger partial charge in [-0.2, -0.15) is 0 Å². The van der Waals surface area contributed by atoms with Crippen molar-refractivity contribution in [2.75, 3.05) is 52.6 Å². The van der Waals surface area contributed by atoms with Crippen LogP contribution in [-0.4, -0.2) is 77.5 Å². The van der Waals surface area contributed by atoms with E-state index in [9.17, 15) is 5.11 Å². The summed E-state index contributed by atoms with van der Waals surface area (Å²) in [6.45, 7) is 7.77. The van der Waals surface area contributed by atoms with Gasteiger partial charge in [0.05, 0.1) is 37.8 Å². The molecule has 7 nitrogen and oxygen atoms in total. The molecule has 0 radical (unpaired) electrons. The van der Waals surface area contributed by atoms with Crippen molar-refractivity contribution in [3.63, 3.8) is 0 Å². The molecule has 0 atom stereocenters. The SMILES string of the molecule is Oc1c(CN2CCOCC2)ncnc1CN1CCOCC1. The second-order valence-electron chi connectivity index (χ2n) is 5.39. The Morgan fingerprint density at radius 2 is 1.29 bits per heavy atom. The number of hydrogen-bond donors (Lipinski definition) is 1. The molecule has 0 aliphatic carbocycles. The zero-order valence-corrected chi connectivity index (χ0v) is 12.2. The van der Waals surface area contributed by atoms with Gasteiger partial charge in [0.15, 0.2) is 5.75 Å². The molecule has 2 aliphatic rings. The smallest absolute Gasteiger partial charge is 0.161 e. The lowest BCUT2D eigenvalue weighted by Crippen LogP contribution is -2.36. The van der Waals surface area contributed by atoms with Crippen LogP contribution in [0.2, 0.25) is 0 Å². The molecule has 0 spiro atoms. The molecule has 1 aromatic heterocycles. The molecule has 7 heteroatoms. The summed E-state index contributed by atoms with van der Waals surface area (Å²) in [7, 11) is 0. The van der Waals surface area contributed by atoms with Crippen molar-refractivity contribution in [1.29, 1.82) is 0 Å². The largest absolute Gasteiger partial charge is 0.504 e. The average molecular weight is 294 g/mol. The van der Waals surface area contributed by atoms with E-state index in [0.717, 1.165) is 52.6 Å². The molecule has 1 aromatic rings. The van der Waals surface area contributed by atoms with Crippen molar-refractivity contribution in [3.8, 4) is 5.75 Å². The Kier molecular flexibility index (Phi) is 4.97. The van der Waals surface area contributed by atoms with Gasteiger partial charge < -0.3 is 14.6 Å². The first-order chi connectivity index (χ1) is 10.3. The Balaban J connectivity index is 1.65. The predicted octanol–water partition coefficient (Wildman–Crippen LogP) is -0.153. The van der Waals surface area contributed by atoms with Crippen molar-refractivity contribution in [2.45, 2.75) is 13.1 Å². The first-order valence-electron chi connectivity index (χ1n) is 7.45. The normalized spacial score (nSPS) is 21.5. The zero-order valence-electron chi connectivity index (χ0n) is 12.2. The predicted molar refractivity (Wildman–Crippen MR) is 75.9 cm³/mol. The summed E-state index contributed by atoms with van der Waals surface area (Å²) >= 11 is 0. The van der Waals surface area contributed by atoms with Gasteiger partial charge in [0.1, 0.15) is 6.33 Å². The van der Waals surface area contributed by atoms with Crippen molar-refractivity contribution < 1.29 is 14.6 Å². The molecule has 116 valence electrons. The summed E-state index contributed by atoms with van der Waals surface area (Å²) in [4.78, 5) is 13.0. The molecule has 3 heterocycles. The van der Waals surface area contributed by atoms with Gasteiger partial charge in [-0.15, -0.1) is 0 Å². The van der Waals surface area contributed by atoms with Crippen LogP contribution in [0.25, 0.3) is 0 Å². The Labute approximate surface area is 124 Å². The number of hydrogen-bond acceptors (Lipinski definition) is 7. The van der Waals surface area contributed by atoms with Gasteiger partial charge in [-0.3, -0.25) is 9.80 Å². The minimum atomic E-state index is 0.232. The maximum absolute atomic E-state index is 10.4. The minimum Gasteiger partial charge on any atom is -0.504 e. The minimum absolute atomic E-state index is 0.232. The summed E-state index contributed by atoms with van der Waals surface area (Å²) in [6.07, 6.45) is 1.55. The van der Waals surface area contributed by atoms with Crippen LogP contribution in [0, 0.1) is 0 Å². The van der Waals surface area contributed by atoms with Crippen molar-refractivity contribution in [3.05, 3.63) is 17.7 Å². The van der Waals surface area contributed by atoms with E-state index in [1.54, 1.807) is 6.33 Å². The van der Waals surface area contributed by atoms with Crippen molar-refractivity contribution in [2.24, 2.45) is 0 Å². The van der Waals surface area contributed by atoms with Gasteiger partial charge >= 0.3 is 0 Å². The third-order valence-electron chi connectivity index (χ3n) is 3.93. The summed E-state index contributed by atoms with van der Waals surface area (Å²) in [5.74, 6) is 0.232. The molecule has 0 saturated carbocycles. The zero-order chi connectivity index (χ0) is 14.5. The number of morpholine rings is 2. The third-order valence-corrected chi connectivity index (χ3v) is 3.93. The number of rotatable bonds is 4. The topological polar surface area (TPSA) is 71.0 Å². The summed E-state index contributed by atoms with van der Waals surface area (Å²) in [5.41, 5.74) is 1.41. The van der Waals surface area contributed by atoms with Crippen LogP contribution in [0.4, 0.5) is 0 Å². The Morgan fingerprint density at radius 3 is 1.71 bits per heavy atom. The molecule has 0 bridgehead atoms. The van der Waals surface area contributed by atoms with Gasteiger partial charge in [-0.25, -0.2) is 9.97 Å². The maximum Gasteiger partial charge on any atom is 0.161 e. The van der Waals surface area contributed by atoms with Gasteiger partial charge in [0.25, 0.3) is 0 Å². The van der Waals surface area contributed by atoms with E-state index >= 15 is 0 Å². The van der Waals surface area contributed by atoms with E-state index < -0.39 is 0 Å². The highest BCUT2D eigenvalue weighted by molar-refractivity contribution is 5.30. The van der Waals surface area contributed by atoms with Crippen LogP contribution in [0.3, 0.4) is 0 Å². The molecule has 2 fully saturated rings. The first kappa shape index (κ1) is 14.6. The number of aromatic nitrogens is 2. The van der Waals surface area contributed by atoms with Gasteiger partial charge in [-0.1, -0.05) is 0 Å². The highest BCUT2D eigenvalue weighted by Gasteiger charge is 2.18.